The molecule has 2 aliphatic heterocycles. The van der Waals surface area contributed by atoms with Gasteiger partial charge in [0.05, 0.1) is 13.2 Å². The number of aliphatic hydroxyl groups excluding tert-OH is 6. The Labute approximate surface area is 177 Å². The third-order valence-corrected chi connectivity index (χ3v) is 5.18. The first-order valence-electron chi connectivity index (χ1n) is 9.67. The van der Waals surface area contributed by atoms with Gasteiger partial charge >= 0.3 is 0 Å². The lowest BCUT2D eigenvalue weighted by Crippen LogP contribution is -2.60. The fourth-order valence-electron chi connectivity index (χ4n) is 3.35. The molecule has 2 fully saturated rings. The van der Waals surface area contributed by atoms with Gasteiger partial charge in [0, 0.05) is 0 Å². The first kappa shape index (κ1) is 23.9. The zero-order chi connectivity index (χ0) is 22.7. The van der Waals surface area contributed by atoms with E-state index >= 15 is 0 Å². The minimum Gasteiger partial charge on any atom is -0.388 e. The van der Waals surface area contributed by atoms with Crippen molar-refractivity contribution in [1.29, 1.82) is 0 Å². The van der Waals surface area contributed by atoms with Crippen molar-refractivity contribution >= 4 is 5.91 Å². The fraction of sp³-hybridized carbons (Fsp3) is 0.632. The molecule has 8 N–H and O–H groups in total. The first-order chi connectivity index (χ1) is 14.7. The number of nitrogens with two attached hydrogens (primary N) is 1. The molecule has 0 spiro atoms. The number of primary amides is 1. The zero-order valence-corrected chi connectivity index (χ0v) is 16.4. The molecule has 0 unspecified atom stereocenters. The quantitative estimate of drug-likeness (QED) is 0.219. The average molecular weight is 445 g/mol. The molecule has 0 bridgehead atoms. The molecule has 2 saturated heterocycles. The van der Waals surface area contributed by atoms with Gasteiger partial charge in [0.1, 0.15) is 42.7 Å². The maximum Gasteiger partial charge on any atom is 0.251 e. The van der Waals surface area contributed by atoms with Crippen LogP contribution in [0.15, 0.2) is 30.3 Å². The minimum atomic E-state index is -1.71. The van der Waals surface area contributed by atoms with Crippen molar-refractivity contribution in [3.8, 4) is 0 Å². The molecule has 31 heavy (non-hydrogen) atoms. The summed E-state index contributed by atoms with van der Waals surface area (Å²) in [6.45, 7) is -0.733. The van der Waals surface area contributed by atoms with Gasteiger partial charge in [-0.1, -0.05) is 30.3 Å². The van der Waals surface area contributed by atoms with E-state index in [1.54, 1.807) is 30.3 Å². The number of rotatable bonds is 7. The summed E-state index contributed by atoms with van der Waals surface area (Å²) >= 11 is 0. The number of hydrogen-bond acceptors (Lipinski definition) is 11. The van der Waals surface area contributed by atoms with E-state index in [4.69, 9.17) is 24.7 Å². The third kappa shape index (κ3) is 5.38. The molecule has 2 aliphatic rings. The average Bonchev–Trinajstić information content (AvgIpc) is 2.76. The Morgan fingerprint density at radius 2 is 1.61 bits per heavy atom. The van der Waals surface area contributed by atoms with Crippen LogP contribution in [0, 0.1) is 0 Å². The molecular formula is C19H27NO11. The van der Waals surface area contributed by atoms with Gasteiger partial charge in [-0.3, -0.25) is 4.79 Å². The maximum atomic E-state index is 11.9. The van der Waals surface area contributed by atoms with Crippen LogP contribution < -0.4 is 5.73 Å². The van der Waals surface area contributed by atoms with Gasteiger partial charge in [-0.2, -0.15) is 0 Å². The van der Waals surface area contributed by atoms with Gasteiger partial charge in [-0.15, -0.1) is 0 Å². The van der Waals surface area contributed by atoms with Crippen LogP contribution in [0.5, 0.6) is 0 Å². The SMILES string of the molecule is NC(=O)[C@H](O[C@@H]1O[C@H](CO[C@@H]2OC[C@@H](O)[C@H](O)[C@H]2O)[C@@H](O)[C@H](O)[C@H]1O)c1ccccc1. The molecule has 2 heterocycles. The van der Waals surface area contributed by atoms with Crippen molar-refractivity contribution < 1.29 is 54.4 Å². The smallest absolute Gasteiger partial charge is 0.251 e. The van der Waals surface area contributed by atoms with E-state index in [1.807, 2.05) is 0 Å². The van der Waals surface area contributed by atoms with Gasteiger partial charge in [0.2, 0.25) is 0 Å². The fourth-order valence-corrected chi connectivity index (χ4v) is 3.35. The van der Waals surface area contributed by atoms with Crippen LogP contribution in [0.25, 0.3) is 0 Å². The Bertz CT molecular complexity index is 722. The molecule has 3 rings (SSSR count). The van der Waals surface area contributed by atoms with Crippen LogP contribution in [-0.2, 0) is 23.7 Å². The van der Waals surface area contributed by atoms with E-state index in [9.17, 15) is 35.4 Å². The third-order valence-electron chi connectivity index (χ3n) is 5.18. The van der Waals surface area contributed by atoms with Gasteiger partial charge in [-0.25, -0.2) is 0 Å². The predicted molar refractivity (Wildman–Crippen MR) is 99.9 cm³/mol. The minimum absolute atomic E-state index is 0.290. The molecule has 1 aromatic rings. The van der Waals surface area contributed by atoms with Gasteiger partial charge in [-0.05, 0) is 5.56 Å². The van der Waals surface area contributed by atoms with Crippen molar-refractivity contribution in [3.63, 3.8) is 0 Å². The topological polar surface area (TPSA) is 201 Å². The molecule has 0 aromatic heterocycles. The van der Waals surface area contributed by atoms with Crippen LogP contribution in [0.1, 0.15) is 11.7 Å². The van der Waals surface area contributed by atoms with E-state index in [2.05, 4.69) is 0 Å². The molecule has 10 atom stereocenters. The van der Waals surface area contributed by atoms with Gasteiger partial charge in [0.25, 0.3) is 5.91 Å². The summed E-state index contributed by atoms with van der Waals surface area (Å²) in [6.07, 6.45) is -14.8. The highest BCUT2D eigenvalue weighted by Crippen LogP contribution is 2.28. The highest BCUT2D eigenvalue weighted by molar-refractivity contribution is 5.80. The highest BCUT2D eigenvalue weighted by atomic mass is 16.7. The molecule has 12 nitrogen and oxygen atoms in total. The van der Waals surface area contributed by atoms with Gasteiger partial charge in [0.15, 0.2) is 18.7 Å². The number of carbonyl (C=O) groups excluding carboxylic acids is 1. The number of carbonyl (C=O) groups is 1. The second-order valence-electron chi connectivity index (χ2n) is 7.43. The molecule has 12 heteroatoms. The summed E-state index contributed by atoms with van der Waals surface area (Å²) in [4.78, 5) is 11.9. The van der Waals surface area contributed by atoms with Crippen LogP contribution >= 0.6 is 0 Å². The Kier molecular flexibility index (Phi) is 7.93. The van der Waals surface area contributed by atoms with E-state index in [0.29, 0.717) is 5.56 Å². The van der Waals surface area contributed by atoms with Crippen molar-refractivity contribution in [1.82, 2.24) is 0 Å². The lowest BCUT2D eigenvalue weighted by molar-refractivity contribution is -0.326. The van der Waals surface area contributed by atoms with E-state index in [-0.39, 0.29) is 6.61 Å². The van der Waals surface area contributed by atoms with Crippen molar-refractivity contribution in [3.05, 3.63) is 35.9 Å². The maximum absolute atomic E-state index is 11.9. The summed E-state index contributed by atoms with van der Waals surface area (Å²) in [6, 6.07) is 8.19. The Hall–Kier alpha value is -1.71. The highest BCUT2D eigenvalue weighted by Gasteiger charge is 2.47. The molecular weight excluding hydrogens is 418 g/mol. The second-order valence-corrected chi connectivity index (χ2v) is 7.43. The molecule has 0 radical (unpaired) electrons. The largest absolute Gasteiger partial charge is 0.388 e. The number of amides is 1. The lowest BCUT2D eigenvalue weighted by atomic mass is 9.99. The van der Waals surface area contributed by atoms with E-state index in [1.165, 1.54) is 0 Å². The number of aliphatic hydroxyl groups is 6. The van der Waals surface area contributed by atoms with E-state index < -0.39 is 73.9 Å². The van der Waals surface area contributed by atoms with Crippen LogP contribution in [0.3, 0.4) is 0 Å². The standard InChI is InChI=1S/C19H27NO11/c20-17(27)16(8-4-2-1-3-5-8)31-19-15(26)13(24)12(23)10(30-19)7-29-18-14(25)11(22)9(21)6-28-18/h1-5,9-16,18-19,21-26H,6-7H2,(H2,20,27)/t9-,10-,11+,12-,13+,14-,15-,16-,18+,19+/m1/s1. The normalized spacial score (nSPS) is 39.7. The predicted octanol–water partition coefficient (Wildman–Crippen LogP) is -3.51. The summed E-state index contributed by atoms with van der Waals surface area (Å²) in [5, 5.41) is 59.8. The molecule has 0 aliphatic carbocycles. The summed E-state index contributed by atoms with van der Waals surface area (Å²) in [5.41, 5.74) is 5.79. The Balaban J connectivity index is 1.66. The summed E-state index contributed by atoms with van der Waals surface area (Å²) in [5.74, 6) is -0.860. The van der Waals surface area contributed by atoms with Gasteiger partial charge < -0.3 is 55.3 Å². The van der Waals surface area contributed by atoms with E-state index in [0.717, 1.165) is 0 Å². The number of benzene rings is 1. The van der Waals surface area contributed by atoms with Crippen molar-refractivity contribution in [2.45, 2.75) is 61.4 Å². The monoisotopic (exact) mass is 445 g/mol. The van der Waals surface area contributed by atoms with Crippen LogP contribution in [-0.4, -0.2) is 105 Å². The second kappa shape index (κ2) is 10.3. The molecule has 1 aromatic carbocycles. The molecule has 1 amide bonds. The van der Waals surface area contributed by atoms with Crippen molar-refractivity contribution in [2.24, 2.45) is 5.73 Å². The Morgan fingerprint density at radius 3 is 2.26 bits per heavy atom. The van der Waals surface area contributed by atoms with Crippen LogP contribution in [0.2, 0.25) is 0 Å². The first-order valence-corrected chi connectivity index (χ1v) is 9.67. The lowest BCUT2D eigenvalue weighted by Gasteiger charge is -2.42. The molecule has 174 valence electrons. The molecule has 0 saturated carbocycles. The van der Waals surface area contributed by atoms with Crippen LogP contribution in [0.4, 0.5) is 0 Å². The zero-order valence-electron chi connectivity index (χ0n) is 16.4. The Morgan fingerprint density at radius 1 is 0.968 bits per heavy atom. The number of ether oxygens (including phenoxy) is 4. The number of hydrogen-bond donors (Lipinski definition) is 7. The summed E-state index contributed by atoms with van der Waals surface area (Å²) in [7, 11) is 0. The summed E-state index contributed by atoms with van der Waals surface area (Å²) < 4.78 is 21.4. The van der Waals surface area contributed by atoms with Crippen molar-refractivity contribution in [2.75, 3.05) is 13.2 Å².